The molecule has 2 N–H and O–H groups in total. The number of carbonyl (C=O) groups is 2. The van der Waals surface area contributed by atoms with Crippen molar-refractivity contribution < 1.29 is 14.0 Å². The van der Waals surface area contributed by atoms with Gasteiger partial charge in [0.1, 0.15) is 5.82 Å². The molecule has 3 amide bonds. The average molecular weight is 348 g/mol. The first kappa shape index (κ1) is 17.7. The minimum atomic E-state index is -0.280. The van der Waals surface area contributed by atoms with Gasteiger partial charge in [0.25, 0.3) is 0 Å². The van der Waals surface area contributed by atoms with E-state index in [0.29, 0.717) is 6.54 Å². The monoisotopic (exact) mass is 348 g/mol. The molecule has 3 rings (SSSR count). The van der Waals surface area contributed by atoms with Gasteiger partial charge in [-0.3, -0.25) is 9.69 Å². The molecule has 0 bridgehead atoms. The van der Waals surface area contributed by atoms with Crippen LogP contribution in [0.5, 0.6) is 0 Å². The Hall–Kier alpha value is -2.15. The molecule has 2 heterocycles. The van der Waals surface area contributed by atoms with Crippen molar-refractivity contribution in [1.82, 2.24) is 20.4 Å². The van der Waals surface area contributed by atoms with E-state index < -0.39 is 0 Å². The van der Waals surface area contributed by atoms with Crippen LogP contribution in [0.2, 0.25) is 0 Å². The SMILES string of the molecule is CC(C(=O)NCc1ccc(F)cc1)N1CCC(N2CCNC2=O)CC1. The largest absolute Gasteiger partial charge is 0.351 e. The molecule has 2 aliphatic heterocycles. The second kappa shape index (κ2) is 7.82. The zero-order valence-corrected chi connectivity index (χ0v) is 14.5. The number of rotatable bonds is 5. The first-order chi connectivity index (χ1) is 12.0. The molecule has 1 unspecified atom stereocenters. The van der Waals surface area contributed by atoms with Gasteiger partial charge >= 0.3 is 6.03 Å². The number of nitrogens with one attached hydrogen (secondary N) is 2. The van der Waals surface area contributed by atoms with E-state index in [1.54, 1.807) is 12.1 Å². The predicted octanol–water partition coefficient (Wildman–Crippen LogP) is 1.32. The van der Waals surface area contributed by atoms with Crippen LogP contribution in [0.15, 0.2) is 24.3 Å². The molecule has 2 aliphatic rings. The molecule has 0 aromatic heterocycles. The number of halogens is 1. The summed E-state index contributed by atoms with van der Waals surface area (Å²) < 4.78 is 12.9. The van der Waals surface area contributed by atoms with Gasteiger partial charge in [0.2, 0.25) is 5.91 Å². The fraction of sp³-hybridized carbons (Fsp3) is 0.556. The van der Waals surface area contributed by atoms with Gasteiger partial charge in [-0.25, -0.2) is 9.18 Å². The smallest absolute Gasteiger partial charge is 0.317 e. The van der Waals surface area contributed by atoms with Crippen molar-refractivity contribution in [3.8, 4) is 0 Å². The van der Waals surface area contributed by atoms with Crippen LogP contribution in [0, 0.1) is 5.82 Å². The molecule has 136 valence electrons. The van der Waals surface area contributed by atoms with Crippen LogP contribution < -0.4 is 10.6 Å². The van der Waals surface area contributed by atoms with Crippen molar-refractivity contribution in [2.45, 2.75) is 38.4 Å². The maximum Gasteiger partial charge on any atom is 0.317 e. The molecule has 0 spiro atoms. The van der Waals surface area contributed by atoms with E-state index in [1.807, 2.05) is 11.8 Å². The van der Waals surface area contributed by atoms with Crippen LogP contribution in [-0.2, 0) is 11.3 Å². The fourth-order valence-electron chi connectivity index (χ4n) is 3.52. The summed E-state index contributed by atoms with van der Waals surface area (Å²) in [6.07, 6.45) is 1.78. The Morgan fingerprint density at radius 3 is 2.56 bits per heavy atom. The molecule has 0 radical (unpaired) electrons. The molecule has 1 atom stereocenters. The highest BCUT2D eigenvalue weighted by atomic mass is 19.1. The number of carbonyl (C=O) groups excluding carboxylic acids is 2. The lowest BCUT2D eigenvalue weighted by atomic mass is 10.0. The first-order valence-corrected chi connectivity index (χ1v) is 8.85. The molecule has 0 saturated carbocycles. The average Bonchev–Trinajstić information content (AvgIpc) is 3.06. The summed E-state index contributed by atoms with van der Waals surface area (Å²) in [4.78, 5) is 28.2. The van der Waals surface area contributed by atoms with Gasteiger partial charge in [-0.2, -0.15) is 0 Å². The molecule has 0 aliphatic carbocycles. The zero-order chi connectivity index (χ0) is 17.8. The van der Waals surface area contributed by atoms with Gasteiger partial charge in [0.05, 0.1) is 6.04 Å². The molecule has 2 saturated heterocycles. The van der Waals surface area contributed by atoms with E-state index in [-0.39, 0.29) is 29.8 Å². The highest BCUT2D eigenvalue weighted by molar-refractivity contribution is 5.81. The number of nitrogens with zero attached hydrogens (tertiary/aromatic N) is 2. The normalized spacial score (nSPS) is 20.4. The van der Waals surface area contributed by atoms with Crippen molar-refractivity contribution in [3.63, 3.8) is 0 Å². The van der Waals surface area contributed by atoms with E-state index in [9.17, 15) is 14.0 Å². The minimum Gasteiger partial charge on any atom is -0.351 e. The first-order valence-electron chi connectivity index (χ1n) is 8.85. The highest BCUT2D eigenvalue weighted by Crippen LogP contribution is 2.20. The predicted molar refractivity (Wildman–Crippen MR) is 92.4 cm³/mol. The Bertz CT molecular complexity index is 614. The maximum atomic E-state index is 12.9. The number of amides is 3. The second-order valence-electron chi connectivity index (χ2n) is 6.71. The van der Waals surface area contributed by atoms with E-state index in [1.165, 1.54) is 12.1 Å². The van der Waals surface area contributed by atoms with Gasteiger partial charge in [-0.1, -0.05) is 12.1 Å². The van der Waals surface area contributed by atoms with E-state index >= 15 is 0 Å². The van der Waals surface area contributed by atoms with E-state index in [4.69, 9.17) is 0 Å². The standard InChI is InChI=1S/C18H25FN4O2/c1-13(17(24)21-12-14-2-4-15(19)5-3-14)22-9-6-16(7-10-22)23-11-8-20-18(23)25/h2-5,13,16H,6-12H2,1H3,(H,20,25)(H,21,24). The Labute approximate surface area is 147 Å². The van der Waals surface area contributed by atoms with Crippen molar-refractivity contribution in [3.05, 3.63) is 35.6 Å². The summed E-state index contributed by atoms with van der Waals surface area (Å²) >= 11 is 0. The number of piperidine rings is 1. The highest BCUT2D eigenvalue weighted by Gasteiger charge is 2.33. The van der Waals surface area contributed by atoms with Crippen LogP contribution in [0.4, 0.5) is 9.18 Å². The van der Waals surface area contributed by atoms with Crippen LogP contribution in [0.1, 0.15) is 25.3 Å². The Morgan fingerprint density at radius 1 is 1.28 bits per heavy atom. The second-order valence-corrected chi connectivity index (χ2v) is 6.71. The van der Waals surface area contributed by atoms with Gasteiger partial charge in [-0.05, 0) is 37.5 Å². The Morgan fingerprint density at radius 2 is 1.96 bits per heavy atom. The fourth-order valence-corrected chi connectivity index (χ4v) is 3.52. The Balaban J connectivity index is 1.45. The van der Waals surface area contributed by atoms with Gasteiger partial charge < -0.3 is 15.5 Å². The molecular formula is C18H25FN4O2. The summed E-state index contributed by atoms with van der Waals surface area (Å²) in [5.41, 5.74) is 0.876. The lowest BCUT2D eigenvalue weighted by Crippen LogP contribution is -2.52. The molecule has 1 aromatic rings. The Kier molecular flexibility index (Phi) is 5.53. The molecular weight excluding hydrogens is 323 g/mol. The summed E-state index contributed by atoms with van der Waals surface area (Å²) in [6, 6.07) is 6.22. The summed E-state index contributed by atoms with van der Waals surface area (Å²) in [7, 11) is 0. The van der Waals surface area contributed by atoms with Crippen LogP contribution in [-0.4, -0.2) is 60.0 Å². The quantitative estimate of drug-likeness (QED) is 0.844. The van der Waals surface area contributed by atoms with Crippen molar-refractivity contribution in [2.75, 3.05) is 26.2 Å². The van der Waals surface area contributed by atoms with E-state index in [2.05, 4.69) is 15.5 Å². The zero-order valence-electron chi connectivity index (χ0n) is 14.5. The minimum absolute atomic E-state index is 0.0262. The van der Waals surface area contributed by atoms with Gasteiger partial charge in [0.15, 0.2) is 0 Å². The molecule has 6 nitrogen and oxygen atoms in total. The molecule has 2 fully saturated rings. The van der Waals surface area contributed by atoms with Crippen molar-refractivity contribution >= 4 is 11.9 Å². The van der Waals surface area contributed by atoms with Crippen LogP contribution in [0.3, 0.4) is 0 Å². The van der Waals surface area contributed by atoms with Gasteiger partial charge in [0, 0.05) is 38.8 Å². The number of benzene rings is 1. The number of urea groups is 1. The van der Waals surface area contributed by atoms with Gasteiger partial charge in [-0.15, -0.1) is 0 Å². The van der Waals surface area contributed by atoms with Crippen molar-refractivity contribution in [2.24, 2.45) is 0 Å². The molecule has 25 heavy (non-hydrogen) atoms. The third-order valence-electron chi connectivity index (χ3n) is 5.14. The lowest BCUT2D eigenvalue weighted by Gasteiger charge is -2.38. The summed E-state index contributed by atoms with van der Waals surface area (Å²) in [6.45, 7) is 5.41. The molecule has 1 aromatic carbocycles. The van der Waals surface area contributed by atoms with E-state index in [0.717, 1.165) is 44.6 Å². The number of likely N-dealkylation sites (tertiary alicyclic amines) is 1. The number of hydrogen-bond donors (Lipinski definition) is 2. The summed E-state index contributed by atoms with van der Waals surface area (Å²) in [5, 5.41) is 5.75. The lowest BCUT2D eigenvalue weighted by molar-refractivity contribution is -0.126. The maximum absolute atomic E-state index is 12.9. The van der Waals surface area contributed by atoms with Crippen molar-refractivity contribution in [1.29, 1.82) is 0 Å². The molecule has 7 heteroatoms. The number of hydrogen-bond acceptors (Lipinski definition) is 3. The third-order valence-corrected chi connectivity index (χ3v) is 5.14. The third kappa shape index (κ3) is 4.28. The van der Waals surface area contributed by atoms with Crippen LogP contribution in [0.25, 0.3) is 0 Å². The topological polar surface area (TPSA) is 64.7 Å². The summed E-state index contributed by atoms with van der Waals surface area (Å²) in [5.74, 6) is -0.306. The van der Waals surface area contributed by atoms with Crippen LogP contribution >= 0.6 is 0 Å².